The van der Waals surface area contributed by atoms with Crippen LogP contribution in [0.2, 0.25) is 16.6 Å². The summed E-state index contributed by atoms with van der Waals surface area (Å²) >= 11 is 0. The van der Waals surface area contributed by atoms with Gasteiger partial charge in [0.2, 0.25) is 8.32 Å². The molecule has 0 aliphatic carbocycles. The molecular formula is C22H38O4Si. The average molecular weight is 395 g/mol. The lowest BCUT2D eigenvalue weighted by Gasteiger charge is -2.48. The Kier molecular flexibility index (Phi) is 8.07. The van der Waals surface area contributed by atoms with Crippen LogP contribution in [0.25, 0.3) is 0 Å². The third kappa shape index (κ3) is 5.01. The minimum atomic E-state index is -2.06. The Morgan fingerprint density at radius 2 is 1.59 bits per heavy atom. The van der Waals surface area contributed by atoms with Crippen LogP contribution in [0.4, 0.5) is 0 Å². The summed E-state index contributed by atoms with van der Waals surface area (Å²) < 4.78 is 18.7. The van der Waals surface area contributed by atoms with E-state index in [4.69, 9.17) is 13.9 Å². The smallest absolute Gasteiger partial charge is 0.201 e. The third-order valence-electron chi connectivity index (χ3n) is 6.09. The highest BCUT2D eigenvalue weighted by atomic mass is 28.4. The minimum Gasteiger partial charge on any atom is -0.408 e. The van der Waals surface area contributed by atoms with Gasteiger partial charge in [0, 0.05) is 5.92 Å². The Labute approximate surface area is 166 Å². The topological polar surface area (TPSA) is 47.9 Å². The predicted octanol–water partition coefficient (Wildman–Crippen LogP) is 5.12. The molecule has 27 heavy (non-hydrogen) atoms. The van der Waals surface area contributed by atoms with E-state index in [2.05, 4.69) is 41.5 Å². The largest absolute Gasteiger partial charge is 0.408 e. The van der Waals surface area contributed by atoms with Crippen molar-refractivity contribution >= 4 is 8.32 Å². The SMILES string of the molecule is CC(C)[Si](O[C@H]1CO[C@H](OCc2ccccc2)[C@H](C)[C@H]1O)(C(C)C)C(C)C. The predicted molar refractivity (Wildman–Crippen MR) is 112 cm³/mol. The zero-order valence-corrected chi connectivity index (χ0v) is 19.0. The first kappa shape index (κ1) is 22.6. The standard InChI is InChI=1S/C22H38O4Si/c1-15(2)27(16(3)4,17(5)6)26-20-14-25-22(18(7)21(20)23)24-13-19-11-9-8-10-12-19/h8-12,15-18,20-23H,13-14H2,1-7H3/t18-,20+,21-,22+/m1/s1. The highest BCUT2D eigenvalue weighted by Gasteiger charge is 2.49. The maximum atomic E-state index is 11.0. The molecule has 1 aromatic carbocycles. The van der Waals surface area contributed by atoms with Crippen LogP contribution < -0.4 is 0 Å². The normalized spacial score (nSPS) is 26.9. The molecule has 0 aromatic heterocycles. The Morgan fingerprint density at radius 1 is 1.04 bits per heavy atom. The fourth-order valence-corrected chi connectivity index (χ4v) is 10.2. The van der Waals surface area contributed by atoms with Crippen LogP contribution in [0, 0.1) is 5.92 Å². The molecule has 154 valence electrons. The quantitative estimate of drug-likeness (QED) is 0.622. The molecule has 1 aromatic rings. The number of rotatable bonds is 8. The molecule has 1 fully saturated rings. The molecule has 0 unspecified atom stereocenters. The van der Waals surface area contributed by atoms with Crippen LogP contribution in [0.15, 0.2) is 30.3 Å². The van der Waals surface area contributed by atoms with E-state index >= 15 is 0 Å². The van der Waals surface area contributed by atoms with Gasteiger partial charge in [0.15, 0.2) is 6.29 Å². The number of hydrogen-bond acceptors (Lipinski definition) is 4. The minimum absolute atomic E-state index is 0.134. The molecule has 2 rings (SSSR count). The van der Waals surface area contributed by atoms with Gasteiger partial charge in [-0.2, -0.15) is 0 Å². The van der Waals surface area contributed by atoms with Crippen molar-refractivity contribution in [1.29, 1.82) is 0 Å². The van der Waals surface area contributed by atoms with E-state index in [9.17, 15) is 5.11 Å². The number of benzene rings is 1. The summed E-state index contributed by atoms with van der Waals surface area (Å²) in [6.07, 6.45) is -1.27. The summed E-state index contributed by atoms with van der Waals surface area (Å²) in [6, 6.07) is 10.0. The maximum Gasteiger partial charge on any atom is 0.201 e. The van der Waals surface area contributed by atoms with Crippen molar-refractivity contribution in [1.82, 2.24) is 0 Å². The Bertz CT molecular complexity index is 539. The van der Waals surface area contributed by atoms with Crippen molar-refractivity contribution in [3.8, 4) is 0 Å². The van der Waals surface area contributed by atoms with Crippen molar-refractivity contribution in [2.45, 2.75) is 90.2 Å². The van der Waals surface area contributed by atoms with Gasteiger partial charge in [-0.3, -0.25) is 0 Å². The van der Waals surface area contributed by atoms with Gasteiger partial charge >= 0.3 is 0 Å². The first-order valence-electron chi connectivity index (χ1n) is 10.3. The second-order valence-corrected chi connectivity index (χ2v) is 14.2. The highest BCUT2D eigenvalue weighted by Crippen LogP contribution is 2.44. The molecule has 1 heterocycles. The molecule has 0 spiro atoms. The molecule has 1 saturated heterocycles. The zero-order chi connectivity index (χ0) is 20.2. The van der Waals surface area contributed by atoms with Gasteiger partial charge in [0.05, 0.1) is 25.4 Å². The van der Waals surface area contributed by atoms with E-state index in [1.807, 2.05) is 37.3 Å². The Hall–Kier alpha value is -0.723. The molecular weight excluding hydrogens is 356 g/mol. The molecule has 1 N–H and O–H groups in total. The average Bonchev–Trinajstić information content (AvgIpc) is 2.62. The van der Waals surface area contributed by atoms with Gasteiger partial charge < -0.3 is 19.0 Å². The second-order valence-electron chi connectivity index (χ2n) is 8.82. The first-order valence-corrected chi connectivity index (χ1v) is 12.5. The molecule has 0 amide bonds. The highest BCUT2D eigenvalue weighted by molar-refractivity contribution is 6.77. The van der Waals surface area contributed by atoms with Crippen LogP contribution in [-0.4, -0.2) is 38.5 Å². The van der Waals surface area contributed by atoms with Gasteiger partial charge in [-0.05, 0) is 22.2 Å². The number of ether oxygens (including phenoxy) is 2. The molecule has 4 atom stereocenters. The van der Waals surface area contributed by atoms with Crippen LogP contribution in [0.3, 0.4) is 0 Å². The molecule has 1 aliphatic heterocycles. The van der Waals surface area contributed by atoms with Crippen LogP contribution >= 0.6 is 0 Å². The van der Waals surface area contributed by atoms with Gasteiger partial charge in [-0.1, -0.05) is 78.8 Å². The fourth-order valence-electron chi connectivity index (χ4n) is 4.67. The van der Waals surface area contributed by atoms with Crippen molar-refractivity contribution in [2.75, 3.05) is 6.61 Å². The van der Waals surface area contributed by atoms with Crippen LogP contribution in [0.5, 0.6) is 0 Å². The van der Waals surface area contributed by atoms with Gasteiger partial charge in [-0.25, -0.2) is 0 Å². The fraction of sp³-hybridized carbons (Fsp3) is 0.727. The summed E-state index contributed by atoms with van der Waals surface area (Å²) in [5.41, 5.74) is 2.54. The summed E-state index contributed by atoms with van der Waals surface area (Å²) in [4.78, 5) is 0. The van der Waals surface area contributed by atoms with Crippen LogP contribution in [-0.2, 0) is 20.5 Å². The molecule has 0 bridgehead atoms. The lowest BCUT2D eigenvalue weighted by molar-refractivity contribution is -0.248. The summed E-state index contributed by atoms with van der Waals surface area (Å²) in [5, 5.41) is 11.0. The molecule has 1 aliphatic rings. The zero-order valence-electron chi connectivity index (χ0n) is 18.0. The van der Waals surface area contributed by atoms with E-state index in [1.165, 1.54) is 0 Å². The Morgan fingerprint density at radius 3 is 2.11 bits per heavy atom. The molecule has 5 heteroatoms. The number of aliphatic hydroxyl groups is 1. The molecule has 0 radical (unpaired) electrons. The summed E-state index contributed by atoms with van der Waals surface area (Å²) in [6.45, 7) is 16.4. The Balaban J connectivity index is 2.03. The van der Waals surface area contributed by atoms with Crippen LogP contribution in [0.1, 0.15) is 54.0 Å². The summed E-state index contributed by atoms with van der Waals surface area (Å²) in [7, 11) is -2.06. The number of aliphatic hydroxyl groups excluding tert-OH is 1. The van der Waals surface area contributed by atoms with E-state index in [0.717, 1.165) is 5.56 Å². The van der Waals surface area contributed by atoms with Crippen molar-refractivity contribution < 1.29 is 19.0 Å². The third-order valence-corrected chi connectivity index (χ3v) is 12.2. The van der Waals surface area contributed by atoms with E-state index in [-0.39, 0.29) is 12.0 Å². The summed E-state index contributed by atoms with van der Waals surface area (Å²) in [5.74, 6) is -0.134. The molecule has 4 nitrogen and oxygen atoms in total. The van der Waals surface area contributed by atoms with Gasteiger partial charge in [0.25, 0.3) is 0 Å². The lowest BCUT2D eigenvalue weighted by Crippen LogP contribution is -2.57. The van der Waals surface area contributed by atoms with E-state index in [1.54, 1.807) is 0 Å². The van der Waals surface area contributed by atoms with Crippen molar-refractivity contribution in [3.63, 3.8) is 0 Å². The van der Waals surface area contributed by atoms with Gasteiger partial charge in [-0.15, -0.1) is 0 Å². The maximum absolute atomic E-state index is 11.0. The second kappa shape index (κ2) is 9.66. The first-order chi connectivity index (χ1) is 12.7. The number of hydrogen-bond donors (Lipinski definition) is 1. The monoisotopic (exact) mass is 394 g/mol. The van der Waals surface area contributed by atoms with Crippen molar-refractivity contribution in [2.24, 2.45) is 5.92 Å². The molecule has 0 saturated carbocycles. The van der Waals surface area contributed by atoms with E-state index in [0.29, 0.717) is 29.8 Å². The van der Waals surface area contributed by atoms with Gasteiger partial charge in [0.1, 0.15) is 0 Å². The van der Waals surface area contributed by atoms with E-state index < -0.39 is 20.7 Å². The van der Waals surface area contributed by atoms with Crippen molar-refractivity contribution in [3.05, 3.63) is 35.9 Å². The lowest BCUT2D eigenvalue weighted by atomic mass is 9.97.